The number of methoxy groups -OCH3 is 1. The molecule has 0 bridgehead atoms. The van der Waals surface area contributed by atoms with Gasteiger partial charge < -0.3 is 14.8 Å². The smallest absolute Gasteiger partial charge is 0.340 e. The van der Waals surface area contributed by atoms with Gasteiger partial charge in [-0.3, -0.25) is 0 Å². The van der Waals surface area contributed by atoms with Gasteiger partial charge in [-0.1, -0.05) is 23.7 Å². The number of benzene rings is 2. The maximum atomic E-state index is 12.2. The lowest BCUT2D eigenvalue weighted by molar-refractivity contribution is -0.136. The first-order chi connectivity index (χ1) is 11.1. The average Bonchev–Trinajstić information content (AvgIpc) is 2.57. The van der Waals surface area contributed by atoms with Gasteiger partial charge in [0.1, 0.15) is 5.75 Å². The maximum absolute atomic E-state index is 12.2. The van der Waals surface area contributed by atoms with E-state index >= 15 is 0 Å². The van der Waals surface area contributed by atoms with Crippen LogP contribution in [-0.4, -0.2) is 19.7 Å². The molecule has 0 radical (unpaired) electrons. The first kappa shape index (κ1) is 16.9. The highest BCUT2D eigenvalue weighted by Gasteiger charge is 2.14. The van der Waals surface area contributed by atoms with Crippen molar-refractivity contribution >= 4 is 28.8 Å². The standard InChI is InChI=1S/C18H18ClNO3/c1-3-23-18(21)17(13-5-4-6-16(11-13)22-2)12-20-15-9-7-14(19)8-10-15/h4-12,20H,3H2,1-2H3/b17-12+. The highest BCUT2D eigenvalue weighted by Crippen LogP contribution is 2.22. The van der Waals surface area contributed by atoms with Gasteiger partial charge in [0.05, 0.1) is 19.3 Å². The molecule has 0 fully saturated rings. The number of halogens is 1. The molecule has 0 unspecified atom stereocenters. The summed E-state index contributed by atoms with van der Waals surface area (Å²) in [5, 5.41) is 3.74. The molecule has 0 amide bonds. The second-order valence-corrected chi connectivity index (χ2v) is 5.10. The fourth-order valence-electron chi connectivity index (χ4n) is 1.96. The average molecular weight is 332 g/mol. The van der Waals surface area contributed by atoms with Crippen LogP contribution < -0.4 is 10.1 Å². The monoisotopic (exact) mass is 331 g/mol. The zero-order chi connectivity index (χ0) is 16.7. The second kappa shape index (κ2) is 8.25. The number of ether oxygens (including phenoxy) is 2. The summed E-state index contributed by atoms with van der Waals surface area (Å²) in [6.45, 7) is 2.08. The van der Waals surface area contributed by atoms with E-state index in [0.29, 0.717) is 28.5 Å². The summed E-state index contributed by atoms with van der Waals surface area (Å²) < 4.78 is 10.3. The van der Waals surface area contributed by atoms with E-state index in [9.17, 15) is 4.79 Å². The normalized spacial score (nSPS) is 11.0. The van der Waals surface area contributed by atoms with Gasteiger partial charge in [0.2, 0.25) is 0 Å². The van der Waals surface area contributed by atoms with Crippen LogP contribution in [0.3, 0.4) is 0 Å². The molecule has 4 nitrogen and oxygen atoms in total. The number of carbonyl (C=O) groups excluding carboxylic acids is 1. The van der Waals surface area contributed by atoms with Gasteiger partial charge in [-0.15, -0.1) is 0 Å². The van der Waals surface area contributed by atoms with Crippen LogP contribution in [0.4, 0.5) is 5.69 Å². The highest BCUT2D eigenvalue weighted by molar-refractivity contribution is 6.30. The quantitative estimate of drug-likeness (QED) is 0.631. The van der Waals surface area contributed by atoms with Crippen molar-refractivity contribution < 1.29 is 14.3 Å². The Morgan fingerprint density at radius 2 is 1.96 bits per heavy atom. The summed E-state index contributed by atoms with van der Waals surface area (Å²) in [6.07, 6.45) is 1.62. The topological polar surface area (TPSA) is 47.6 Å². The Balaban J connectivity index is 2.30. The summed E-state index contributed by atoms with van der Waals surface area (Å²) in [7, 11) is 1.58. The van der Waals surface area contributed by atoms with Crippen molar-refractivity contribution in [3.8, 4) is 5.75 Å². The Morgan fingerprint density at radius 3 is 2.61 bits per heavy atom. The molecule has 0 saturated heterocycles. The third-order valence-electron chi connectivity index (χ3n) is 3.10. The van der Waals surface area contributed by atoms with Crippen molar-refractivity contribution in [1.29, 1.82) is 0 Å². The first-order valence-corrected chi connectivity index (χ1v) is 7.55. The molecule has 0 atom stereocenters. The van der Waals surface area contributed by atoms with E-state index in [1.807, 2.05) is 30.3 Å². The predicted octanol–water partition coefficient (Wildman–Crippen LogP) is 4.36. The Labute approximate surface area is 140 Å². The fourth-order valence-corrected chi connectivity index (χ4v) is 2.09. The molecular weight excluding hydrogens is 314 g/mol. The summed E-state index contributed by atoms with van der Waals surface area (Å²) in [4.78, 5) is 12.2. The molecule has 0 aliphatic rings. The zero-order valence-corrected chi connectivity index (χ0v) is 13.8. The van der Waals surface area contributed by atoms with E-state index in [4.69, 9.17) is 21.1 Å². The minimum absolute atomic E-state index is 0.307. The minimum atomic E-state index is -0.401. The van der Waals surface area contributed by atoms with E-state index < -0.39 is 5.97 Å². The van der Waals surface area contributed by atoms with Crippen LogP contribution in [0.5, 0.6) is 5.75 Å². The molecule has 2 rings (SSSR count). The third-order valence-corrected chi connectivity index (χ3v) is 3.36. The van der Waals surface area contributed by atoms with Crippen LogP contribution >= 0.6 is 11.6 Å². The molecule has 120 valence electrons. The van der Waals surface area contributed by atoms with E-state index in [1.165, 1.54) is 0 Å². The number of nitrogens with one attached hydrogen (secondary N) is 1. The zero-order valence-electron chi connectivity index (χ0n) is 13.0. The van der Waals surface area contributed by atoms with Gasteiger partial charge >= 0.3 is 5.97 Å². The van der Waals surface area contributed by atoms with Crippen LogP contribution in [0.1, 0.15) is 12.5 Å². The molecule has 0 spiro atoms. The van der Waals surface area contributed by atoms with Crippen LogP contribution in [0.2, 0.25) is 5.02 Å². The highest BCUT2D eigenvalue weighted by atomic mass is 35.5. The fraction of sp³-hybridized carbons (Fsp3) is 0.167. The number of carbonyl (C=O) groups is 1. The predicted molar refractivity (Wildman–Crippen MR) is 92.7 cm³/mol. The van der Waals surface area contributed by atoms with Gasteiger partial charge in [0.25, 0.3) is 0 Å². The Morgan fingerprint density at radius 1 is 1.22 bits per heavy atom. The van der Waals surface area contributed by atoms with E-state index in [0.717, 1.165) is 5.69 Å². The van der Waals surface area contributed by atoms with Gasteiger partial charge in [-0.2, -0.15) is 0 Å². The Hall–Kier alpha value is -2.46. The lowest BCUT2D eigenvalue weighted by atomic mass is 10.1. The van der Waals surface area contributed by atoms with E-state index in [-0.39, 0.29) is 0 Å². The molecule has 0 saturated carbocycles. The summed E-state index contributed by atoms with van der Waals surface area (Å²) in [6, 6.07) is 14.4. The van der Waals surface area contributed by atoms with Crippen molar-refractivity contribution in [3.05, 3.63) is 65.3 Å². The van der Waals surface area contributed by atoms with E-state index in [1.54, 1.807) is 38.4 Å². The Kier molecular flexibility index (Phi) is 6.06. The van der Waals surface area contributed by atoms with Gasteiger partial charge in [-0.05, 0) is 48.9 Å². The van der Waals surface area contributed by atoms with E-state index in [2.05, 4.69) is 5.32 Å². The SMILES string of the molecule is CCOC(=O)/C(=C/Nc1ccc(Cl)cc1)c1cccc(OC)c1. The van der Waals surface area contributed by atoms with Crippen molar-refractivity contribution in [2.45, 2.75) is 6.92 Å². The summed E-state index contributed by atoms with van der Waals surface area (Å²) in [5.41, 5.74) is 1.95. The van der Waals surface area contributed by atoms with Crippen molar-refractivity contribution in [2.24, 2.45) is 0 Å². The first-order valence-electron chi connectivity index (χ1n) is 7.18. The maximum Gasteiger partial charge on any atom is 0.340 e. The lowest BCUT2D eigenvalue weighted by Crippen LogP contribution is -2.08. The largest absolute Gasteiger partial charge is 0.497 e. The molecule has 0 heterocycles. The van der Waals surface area contributed by atoms with Crippen LogP contribution in [0, 0.1) is 0 Å². The minimum Gasteiger partial charge on any atom is -0.497 e. The van der Waals surface area contributed by atoms with Crippen LogP contribution in [-0.2, 0) is 9.53 Å². The number of rotatable bonds is 6. The van der Waals surface area contributed by atoms with Gasteiger partial charge in [0, 0.05) is 16.9 Å². The van der Waals surface area contributed by atoms with Crippen molar-refractivity contribution in [3.63, 3.8) is 0 Å². The number of hydrogen-bond donors (Lipinski definition) is 1. The van der Waals surface area contributed by atoms with Crippen LogP contribution in [0.25, 0.3) is 5.57 Å². The number of anilines is 1. The van der Waals surface area contributed by atoms with Gasteiger partial charge in [0.15, 0.2) is 0 Å². The third kappa shape index (κ3) is 4.76. The Bertz CT molecular complexity index is 696. The van der Waals surface area contributed by atoms with Crippen molar-refractivity contribution in [2.75, 3.05) is 19.0 Å². The lowest BCUT2D eigenvalue weighted by Gasteiger charge is -2.10. The summed E-state index contributed by atoms with van der Waals surface area (Å²) >= 11 is 5.86. The molecular formula is C18H18ClNO3. The van der Waals surface area contributed by atoms with Crippen molar-refractivity contribution in [1.82, 2.24) is 0 Å². The molecule has 0 aliphatic carbocycles. The van der Waals surface area contributed by atoms with Gasteiger partial charge in [-0.25, -0.2) is 4.79 Å². The number of hydrogen-bond acceptors (Lipinski definition) is 4. The van der Waals surface area contributed by atoms with Crippen LogP contribution in [0.15, 0.2) is 54.7 Å². The molecule has 2 aromatic rings. The summed E-state index contributed by atoms with van der Waals surface area (Å²) in [5.74, 6) is 0.270. The molecule has 0 aliphatic heterocycles. The molecule has 23 heavy (non-hydrogen) atoms. The molecule has 5 heteroatoms. The second-order valence-electron chi connectivity index (χ2n) is 4.66. The molecule has 0 aromatic heterocycles. The number of esters is 1. The molecule has 1 N–H and O–H groups in total. The molecule has 2 aromatic carbocycles.